The monoisotopic (exact) mass is 388 g/mol. The Morgan fingerprint density at radius 3 is 2.30 bits per heavy atom. The zero-order chi connectivity index (χ0) is 19.6. The van der Waals surface area contributed by atoms with E-state index in [1.807, 2.05) is 0 Å². The zero-order valence-electron chi connectivity index (χ0n) is 14.7. The Labute approximate surface area is 156 Å². The van der Waals surface area contributed by atoms with Gasteiger partial charge in [-0.05, 0) is 49.4 Å². The number of rotatable bonds is 5. The van der Waals surface area contributed by atoms with Crippen molar-refractivity contribution in [1.29, 1.82) is 0 Å². The Morgan fingerprint density at radius 1 is 1.11 bits per heavy atom. The van der Waals surface area contributed by atoms with Gasteiger partial charge in [-0.2, -0.15) is 5.10 Å². The Kier molecular flexibility index (Phi) is 5.09. The molecule has 0 aliphatic carbocycles. The molecule has 0 N–H and O–H groups in total. The molecule has 0 saturated heterocycles. The predicted molar refractivity (Wildman–Crippen MR) is 98.0 cm³/mol. The van der Waals surface area contributed by atoms with Gasteiger partial charge in [-0.1, -0.05) is 12.1 Å². The minimum atomic E-state index is -3.31. The third kappa shape index (κ3) is 4.06. The maximum atomic E-state index is 13.2. The summed E-state index contributed by atoms with van der Waals surface area (Å²) in [4.78, 5) is 12.5. The van der Waals surface area contributed by atoms with Gasteiger partial charge in [0.1, 0.15) is 5.82 Å². The largest absolute Gasteiger partial charge is 0.461 e. The van der Waals surface area contributed by atoms with Gasteiger partial charge < -0.3 is 4.74 Å². The van der Waals surface area contributed by atoms with E-state index in [0.29, 0.717) is 16.9 Å². The third-order valence-corrected chi connectivity index (χ3v) is 4.97. The Balaban J connectivity index is 2.08. The topological polar surface area (TPSA) is 78.3 Å². The van der Waals surface area contributed by atoms with Crippen LogP contribution in [0.1, 0.15) is 17.4 Å². The minimum absolute atomic E-state index is 0.186. The molecule has 0 amide bonds. The first-order valence-electron chi connectivity index (χ1n) is 8.13. The molecule has 1 heterocycles. The fourth-order valence-electron chi connectivity index (χ4n) is 2.52. The van der Waals surface area contributed by atoms with Crippen molar-refractivity contribution in [2.45, 2.75) is 11.8 Å². The number of aromatic nitrogens is 2. The van der Waals surface area contributed by atoms with Crippen LogP contribution in [0, 0.1) is 5.82 Å². The number of ether oxygens (including phenoxy) is 1. The Hall–Kier alpha value is -3.00. The van der Waals surface area contributed by atoms with Gasteiger partial charge in [-0.25, -0.2) is 22.3 Å². The van der Waals surface area contributed by atoms with Crippen molar-refractivity contribution in [2.24, 2.45) is 0 Å². The van der Waals surface area contributed by atoms with Crippen molar-refractivity contribution in [3.05, 3.63) is 66.1 Å². The number of carbonyl (C=O) groups excluding carboxylic acids is 1. The van der Waals surface area contributed by atoms with E-state index in [2.05, 4.69) is 5.10 Å². The van der Waals surface area contributed by atoms with Crippen molar-refractivity contribution in [1.82, 2.24) is 9.78 Å². The molecule has 1 aromatic heterocycles. The lowest BCUT2D eigenvalue weighted by molar-refractivity contribution is 0.0515. The van der Waals surface area contributed by atoms with Gasteiger partial charge in [-0.15, -0.1) is 0 Å². The summed E-state index contributed by atoms with van der Waals surface area (Å²) in [6.45, 7) is 1.90. The predicted octanol–water partition coefficient (Wildman–Crippen LogP) is 3.26. The molecule has 0 unspecified atom stereocenters. The highest BCUT2D eigenvalue weighted by molar-refractivity contribution is 7.90. The maximum Gasteiger partial charge on any atom is 0.357 e. The molecular weight excluding hydrogens is 371 g/mol. The number of esters is 1. The quantitative estimate of drug-likeness (QED) is 0.627. The molecule has 0 fully saturated rings. The maximum absolute atomic E-state index is 13.2. The zero-order valence-corrected chi connectivity index (χ0v) is 15.5. The van der Waals surface area contributed by atoms with Gasteiger partial charge in [-0.3, -0.25) is 0 Å². The summed E-state index contributed by atoms with van der Waals surface area (Å²) in [7, 11) is -3.31. The van der Waals surface area contributed by atoms with Crippen LogP contribution in [-0.2, 0) is 14.6 Å². The summed E-state index contributed by atoms with van der Waals surface area (Å²) in [5.74, 6) is -0.964. The van der Waals surface area contributed by atoms with Gasteiger partial charge in [0, 0.05) is 11.8 Å². The van der Waals surface area contributed by atoms with E-state index in [9.17, 15) is 17.6 Å². The number of hydrogen-bond acceptors (Lipinski definition) is 5. The van der Waals surface area contributed by atoms with Crippen LogP contribution in [0.4, 0.5) is 4.39 Å². The molecule has 6 nitrogen and oxygen atoms in total. The summed E-state index contributed by atoms with van der Waals surface area (Å²) in [5.41, 5.74) is 1.78. The molecule has 140 valence electrons. The first-order chi connectivity index (χ1) is 12.8. The van der Waals surface area contributed by atoms with Crippen LogP contribution in [-0.4, -0.2) is 37.0 Å². The van der Waals surface area contributed by atoms with E-state index >= 15 is 0 Å². The molecule has 8 heteroatoms. The van der Waals surface area contributed by atoms with E-state index in [1.54, 1.807) is 25.1 Å². The molecular formula is C19H17FN2O4S. The lowest BCUT2D eigenvalue weighted by Gasteiger charge is -2.06. The van der Waals surface area contributed by atoms with Crippen LogP contribution >= 0.6 is 0 Å². The molecule has 2 aromatic carbocycles. The summed E-state index contributed by atoms with van der Waals surface area (Å²) in [6, 6.07) is 13.3. The number of halogens is 1. The third-order valence-electron chi connectivity index (χ3n) is 3.84. The van der Waals surface area contributed by atoms with Crippen LogP contribution in [0.3, 0.4) is 0 Å². The first kappa shape index (κ1) is 18.8. The second-order valence-corrected chi connectivity index (χ2v) is 7.84. The van der Waals surface area contributed by atoms with Crippen LogP contribution in [0.15, 0.2) is 59.5 Å². The smallest absolute Gasteiger partial charge is 0.357 e. The van der Waals surface area contributed by atoms with Crippen LogP contribution in [0.2, 0.25) is 0 Å². The summed E-state index contributed by atoms with van der Waals surface area (Å²) < 4.78 is 42.9. The molecule has 0 bridgehead atoms. The Morgan fingerprint density at radius 2 is 1.74 bits per heavy atom. The van der Waals surface area contributed by atoms with Gasteiger partial charge in [0.25, 0.3) is 0 Å². The number of carbonyl (C=O) groups is 1. The first-order valence-corrected chi connectivity index (χ1v) is 10.0. The van der Waals surface area contributed by atoms with Crippen LogP contribution < -0.4 is 0 Å². The van der Waals surface area contributed by atoms with E-state index in [-0.39, 0.29) is 17.2 Å². The molecule has 0 atom stereocenters. The van der Waals surface area contributed by atoms with Gasteiger partial charge >= 0.3 is 5.97 Å². The number of hydrogen-bond donors (Lipinski definition) is 0. The normalized spacial score (nSPS) is 11.4. The fourth-order valence-corrected chi connectivity index (χ4v) is 3.16. The van der Waals surface area contributed by atoms with E-state index < -0.39 is 21.6 Å². The van der Waals surface area contributed by atoms with E-state index in [1.165, 1.54) is 41.1 Å². The van der Waals surface area contributed by atoms with E-state index in [4.69, 9.17) is 4.74 Å². The average molecular weight is 388 g/mol. The van der Waals surface area contributed by atoms with Crippen LogP contribution in [0.25, 0.3) is 16.9 Å². The SMILES string of the molecule is CCOC(=O)c1cc(-c2ccc(S(C)(=O)=O)cc2)nn1-c1ccc(F)cc1. The van der Waals surface area contributed by atoms with Crippen molar-refractivity contribution in [3.8, 4) is 16.9 Å². The average Bonchev–Trinajstić information content (AvgIpc) is 3.07. The van der Waals surface area contributed by atoms with Crippen molar-refractivity contribution in [2.75, 3.05) is 12.9 Å². The summed E-state index contributed by atoms with van der Waals surface area (Å²) in [6.07, 6.45) is 1.13. The number of benzene rings is 2. The van der Waals surface area contributed by atoms with Crippen molar-refractivity contribution < 1.29 is 22.3 Å². The molecule has 0 radical (unpaired) electrons. The molecule has 0 aliphatic rings. The van der Waals surface area contributed by atoms with Crippen molar-refractivity contribution >= 4 is 15.8 Å². The number of nitrogens with zero attached hydrogens (tertiary/aromatic N) is 2. The molecule has 0 aliphatic heterocycles. The molecule has 3 aromatic rings. The molecule has 0 spiro atoms. The fraction of sp³-hybridized carbons (Fsp3) is 0.158. The summed E-state index contributed by atoms with van der Waals surface area (Å²) in [5, 5.41) is 4.42. The van der Waals surface area contributed by atoms with Crippen molar-refractivity contribution in [3.63, 3.8) is 0 Å². The van der Waals surface area contributed by atoms with Gasteiger partial charge in [0.2, 0.25) is 0 Å². The second-order valence-electron chi connectivity index (χ2n) is 5.82. The lowest BCUT2D eigenvalue weighted by atomic mass is 10.1. The highest BCUT2D eigenvalue weighted by Crippen LogP contribution is 2.24. The highest BCUT2D eigenvalue weighted by Gasteiger charge is 2.19. The van der Waals surface area contributed by atoms with Crippen LogP contribution in [0.5, 0.6) is 0 Å². The minimum Gasteiger partial charge on any atom is -0.461 e. The van der Waals surface area contributed by atoms with Gasteiger partial charge in [0.15, 0.2) is 15.5 Å². The summed E-state index contributed by atoms with van der Waals surface area (Å²) >= 11 is 0. The van der Waals surface area contributed by atoms with Gasteiger partial charge in [0.05, 0.1) is 22.9 Å². The number of sulfone groups is 1. The molecule has 3 rings (SSSR count). The standard InChI is InChI=1S/C19H17FN2O4S/c1-3-26-19(23)18-12-17(13-4-10-16(11-5-13)27(2,24)25)21-22(18)15-8-6-14(20)7-9-15/h4-12H,3H2,1-2H3. The second kappa shape index (κ2) is 7.32. The lowest BCUT2D eigenvalue weighted by Crippen LogP contribution is -2.11. The Bertz CT molecular complexity index is 1070. The molecule has 0 saturated carbocycles. The van der Waals surface area contributed by atoms with E-state index in [0.717, 1.165) is 6.26 Å². The highest BCUT2D eigenvalue weighted by atomic mass is 32.2. The molecule has 27 heavy (non-hydrogen) atoms.